The molecule has 0 radical (unpaired) electrons. The van der Waals surface area contributed by atoms with Gasteiger partial charge in [-0.15, -0.1) is 0 Å². The molecule has 16 heavy (non-hydrogen) atoms. The fourth-order valence-electron chi connectivity index (χ4n) is 1.40. The normalized spacial score (nSPS) is 12.8. The van der Waals surface area contributed by atoms with Crippen molar-refractivity contribution < 1.29 is 4.79 Å². The van der Waals surface area contributed by atoms with Crippen molar-refractivity contribution in [3.05, 3.63) is 42.0 Å². The van der Waals surface area contributed by atoms with E-state index in [9.17, 15) is 4.79 Å². The smallest absolute Gasteiger partial charge is 0.218 e. The number of hydrogen-bond acceptors (Lipinski definition) is 2. The third-order valence-electron chi connectivity index (χ3n) is 2.20. The van der Waals surface area contributed by atoms with Crippen LogP contribution in [-0.2, 0) is 4.79 Å². The Bertz CT molecular complexity index is 346. The molecule has 1 unspecified atom stereocenters. The Morgan fingerprint density at radius 2 is 2.12 bits per heavy atom. The standard InChI is InChI=1S/C13H18N2O/c1-11(10-13(14)16)15-9-5-8-12-6-3-2-4-7-12/h2-8,11,15H,9-10H2,1H3,(H2,14,16)/b8-5+. The van der Waals surface area contributed by atoms with E-state index >= 15 is 0 Å². The van der Waals surface area contributed by atoms with Crippen molar-refractivity contribution in [2.45, 2.75) is 19.4 Å². The van der Waals surface area contributed by atoms with Crippen LogP contribution in [0.1, 0.15) is 18.9 Å². The molecule has 0 spiro atoms. The van der Waals surface area contributed by atoms with Gasteiger partial charge in [-0.25, -0.2) is 0 Å². The first-order valence-corrected chi connectivity index (χ1v) is 5.42. The largest absolute Gasteiger partial charge is 0.370 e. The summed E-state index contributed by atoms with van der Waals surface area (Å²) in [5.41, 5.74) is 6.26. The second kappa shape index (κ2) is 6.80. The Morgan fingerprint density at radius 1 is 1.44 bits per heavy atom. The van der Waals surface area contributed by atoms with Crippen LogP contribution >= 0.6 is 0 Å². The lowest BCUT2D eigenvalue weighted by Gasteiger charge is -2.08. The van der Waals surface area contributed by atoms with E-state index in [2.05, 4.69) is 5.32 Å². The fraction of sp³-hybridized carbons (Fsp3) is 0.308. The zero-order valence-corrected chi connectivity index (χ0v) is 9.52. The predicted octanol–water partition coefficient (Wildman–Crippen LogP) is 1.55. The van der Waals surface area contributed by atoms with E-state index in [4.69, 9.17) is 5.73 Å². The minimum Gasteiger partial charge on any atom is -0.370 e. The first kappa shape index (κ1) is 12.5. The van der Waals surface area contributed by atoms with Crippen LogP contribution < -0.4 is 11.1 Å². The molecule has 1 rings (SSSR count). The van der Waals surface area contributed by atoms with E-state index in [1.165, 1.54) is 5.56 Å². The lowest BCUT2D eigenvalue weighted by atomic mass is 10.2. The van der Waals surface area contributed by atoms with Crippen LogP contribution in [0.15, 0.2) is 36.4 Å². The molecular formula is C13H18N2O. The summed E-state index contributed by atoms with van der Waals surface area (Å²) in [5.74, 6) is -0.271. The number of amides is 1. The summed E-state index contributed by atoms with van der Waals surface area (Å²) >= 11 is 0. The van der Waals surface area contributed by atoms with E-state index < -0.39 is 0 Å². The maximum atomic E-state index is 10.6. The van der Waals surface area contributed by atoms with E-state index in [-0.39, 0.29) is 11.9 Å². The molecule has 86 valence electrons. The summed E-state index contributed by atoms with van der Waals surface area (Å²) in [6.07, 6.45) is 4.45. The van der Waals surface area contributed by atoms with E-state index in [1.54, 1.807) is 0 Å². The summed E-state index contributed by atoms with van der Waals surface area (Å²) in [5, 5.41) is 3.20. The molecule has 0 saturated carbocycles. The number of hydrogen-bond donors (Lipinski definition) is 2. The van der Waals surface area contributed by atoms with E-state index in [0.717, 1.165) is 6.54 Å². The van der Waals surface area contributed by atoms with Crippen molar-refractivity contribution in [1.82, 2.24) is 5.32 Å². The molecule has 3 nitrogen and oxygen atoms in total. The molecule has 0 aliphatic heterocycles. The van der Waals surface area contributed by atoms with Crippen LogP contribution in [0, 0.1) is 0 Å². The lowest BCUT2D eigenvalue weighted by Crippen LogP contribution is -2.30. The van der Waals surface area contributed by atoms with Crippen LogP contribution in [0.25, 0.3) is 6.08 Å². The third kappa shape index (κ3) is 5.32. The van der Waals surface area contributed by atoms with Gasteiger partial charge in [0.05, 0.1) is 0 Å². The van der Waals surface area contributed by atoms with Crippen LogP contribution in [0.5, 0.6) is 0 Å². The second-order valence-electron chi connectivity index (χ2n) is 3.79. The Balaban J connectivity index is 2.25. The minimum atomic E-state index is -0.271. The highest BCUT2D eigenvalue weighted by Gasteiger charge is 2.02. The van der Waals surface area contributed by atoms with Gasteiger partial charge in [0.25, 0.3) is 0 Å². The summed E-state index contributed by atoms with van der Waals surface area (Å²) in [4.78, 5) is 10.6. The van der Waals surface area contributed by atoms with Crippen LogP contribution in [0.4, 0.5) is 0 Å². The van der Waals surface area contributed by atoms with Crippen molar-refractivity contribution in [3.63, 3.8) is 0 Å². The summed E-state index contributed by atoms with van der Waals surface area (Å²) in [7, 11) is 0. The van der Waals surface area contributed by atoms with Gasteiger partial charge in [-0.3, -0.25) is 4.79 Å². The highest BCUT2D eigenvalue weighted by molar-refractivity contribution is 5.74. The number of primary amides is 1. The summed E-state index contributed by atoms with van der Waals surface area (Å²) < 4.78 is 0. The molecule has 1 aromatic rings. The van der Waals surface area contributed by atoms with Gasteiger partial charge in [-0.1, -0.05) is 42.5 Å². The maximum Gasteiger partial charge on any atom is 0.218 e. The average molecular weight is 218 g/mol. The number of carbonyl (C=O) groups is 1. The highest BCUT2D eigenvalue weighted by atomic mass is 16.1. The number of rotatable bonds is 6. The molecular weight excluding hydrogens is 200 g/mol. The van der Waals surface area contributed by atoms with Crippen molar-refractivity contribution >= 4 is 12.0 Å². The van der Waals surface area contributed by atoms with Crippen LogP contribution in [0.2, 0.25) is 0 Å². The minimum absolute atomic E-state index is 0.123. The lowest BCUT2D eigenvalue weighted by molar-refractivity contribution is -0.118. The van der Waals surface area contributed by atoms with Gasteiger partial charge in [0.2, 0.25) is 5.91 Å². The number of nitrogens with two attached hydrogens (primary N) is 1. The van der Waals surface area contributed by atoms with Crippen molar-refractivity contribution in [3.8, 4) is 0 Å². The molecule has 1 aromatic carbocycles. The van der Waals surface area contributed by atoms with Crippen LogP contribution in [-0.4, -0.2) is 18.5 Å². The molecule has 0 aliphatic carbocycles. The van der Waals surface area contributed by atoms with Gasteiger partial charge < -0.3 is 11.1 Å². The van der Waals surface area contributed by atoms with Gasteiger partial charge >= 0.3 is 0 Å². The molecule has 0 aliphatic rings. The third-order valence-corrected chi connectivity index (χ3v) is 2.20. The summed E-state index contributed by atoms with van der Waals surface area (Å²) in [6.45, 7) is 2.68. The Morgan fingerprint density at radius 3 is 2.75 bits per heavy atom. The first-order chi connectivity index (χ1) is 7.68. The van der Waals surface area contributed by atoms with Crippen molar-refractivity contribution in [2.75, 3.05) is 6.54 Å². The van der Waals surface area contributed by atoms with Gasteiger partial charge in [-0.05, 0) is 12.5 Å². The molecule has 0 heterocycles. The highest BCUT2D eigenvalue weighted by Crippen LogP contribution is 2.00. The van der Waals surface area contributed by atoms with Gasteiger partial charge in [0, 0.05) is 19.0 Å². The van der Waals surface area contributed by atoms with Crippen molar-refractivity contribution in [2.24, 2.45) is 5.73 Å². The Labute approximate surface area is 96.3 Å². The van der Waals surface area contributed by atoms with E-state index in [0.29, 0.717) is 6.42 Å². The Hall–Kier alpha value is -1.61. The monoisotopic (exact) mass is 218 g/mol. The van der Waals surface area contributed by atoms with Gasteiger partial charge in [0.15, 0.2) is 0 Å². The topological polar surface area (TPSA) is 55.1 Å². The molecule has 0 aromatic heterocycles. The predicted molar refractivity (Wildman–Crippen MR) is 66.8 cm³/mol. The Kier molecular flexibility index (Phi) is 5.29. The van der Waals surface area contributed by atoms with Crippen LogP contribution in [0.3, 0.4) is 0 Å². The van der Waals surface area contributed by atoms with E-state index in [1.807, 2.05) is 49.4 Å². The fourth-order valence-corrected chi connectivity index (χ4v) is 1.40. The first-order valence-electron chi connectivity index (χ1n) is 5.42. The number of benzene rings is 1. The maximum absolute atomic E-state index is 10.6. The number of nitrogens with one attached hydrogen (secondary N) is 1. The zero-order chi connectivity index (χ0) is 11.8. The average Bonchev–Trinajstić information content (AvgIpc) is 2.25. The molecule has 0 bridgehead atoms. The quantitative estimate of drug-likeness (QED) is 0.761. The van der Waals surface area contributed by atoms with Crippen molar-refractivity contribution in [1.29, 1.82) is 0 Å². The molecule has 3 N–H and O–H groups in total. The molecule has 1 atom stereocenters. The van der Waals surface area contributed by atoms with Gasteiger partial charge in [0.1, 0.15) is 0 Å². The second-order valence-corrected chi connectivity index (χ2v) is 3.79. The summed E-state index contributed by atoms with van der Waals surface area (Å²) in [6, 6.07) is 10.2. The molecule has 3 heteroatoms. The zero-order valence-electron chi connectivity index (χ0n) is 9.52. The number of carbonyl (C=O) groups excluding carboxylic acids is 1. The molecule has 1 amide bonds. The molecule has 0 saturated heterocycles. The van der Waals surface area contributed by atoms with Gasteiger partial charge in [-0.2, -0.15) is 0 Å². The SMILES string of the molecule is CC(CC(N)=O)NC/C=C/c1ccccc1. The molecule has 0 fully saturated rings.